The first kappa shape index (κ1) is 25.9. The number of ether oxygens (including phenoxy) is 2. The SMILES string of the molecule is COC(=O)c1ccc(-c2ccc([C@@H]3[C@@H](c4ccccn4)NC(=S)N3c3ccc(OC)c(NC(C)=O)c3)o2)cc1. The predicted octanol–water partition coefficient (Wildman–Crippen LogP) is 5.27. The van der Waals surface area contributed by atoms with Crippen LogP contribution in [0.1, 0.15) is 40.8 Å². The van der Waals surface area contributed by atoms with E-state index in [1.807, 2.05) is 59.5 Å². The molecule has 9 nitrogen and oxygen atoms in total. The Hall–Kier alpha value is -4.70. The Labute approximate surface area is 230 Å². The molecule has 0 saturated carbocycles. The third-order valence-electron chi connectivity index (χ3n) is 6.38. The molecule has 0 unspecified atom stereocenters. The highest BCUT2D eigenvalue weighted by atomic mass is 32.1. The summed E-state index contributed by atoms with van der Waals surface area (Å²) in [7, 11) is 2.89. The van der Waals surface area contributed by atoms with Crippen molar-refractivity contribution >= 4 is 40.6 Å². The average Bonchev–Trinajstić information content (AvgIpc) is 3.57. The second-order valence-electron chi connectivity index (χ2n) is 8.83. The van der Waals surface area contributed by atoms with Gasteiger partial charge >= 0.3 is 5.97 Å². The van der Waals surface area contributed by atoms with Gasteiger partial charge in [-0.25, -0.2) is 4.79 Å². The van der Waals surface area contributed by atoms with Crippen LogP contribution >= 0.6 is 12.2 Å². The first-order valence-electron chi connectivity index (χ1n) is 12.1. The Morgan fingerprint density at radius 3 is 2.51 bits per heavy atom. The number of anilines is 2. The van der Waals surface area contributed by atoms with Crippen LogP contribution < -0.4 is 20.3 Å². The van der Waals surface area contributed by atoms with Crippen molar-refractivity contribution in [2.45, 2.75) is 19.0 Å². The number of hydrogen-bond acceptors (Lipinski definition) is 7. The standard InChI is InChI=1S/C29H26N4O5S/c1-17(34)31-22-16-20(11-12-24(22)36-2)33-27(26(32-29(33)39)21-6-4-5-15-30-21)25-14-13-23(38-25)18-7-9-19(10-8-18)28(35)37-3/h4-16,26-27H,1-3H3,(H,31,34)(H,32,39)/t26-,27-/m1/s1. The fraction of sp³-hybridized carbons (Fsp3) is 0.172. The van der Waals surface area contributed by atoms with Gasteiger partial charge in [0.05, 0.1) is 37.2 Å². The molecule has 5 rings (SSSR count). The molecule has 3 heterocycles. The first-order chi connectivity index (χ1) is 18.9. The quantitative estimate of drug-likeness (QED) is 0.239. The summed E-state index contributed by atoms with van der Waals surface area (Å²) in [4.78, 5) is 30.2. The lowest BCUT2D eigenvalue weighted by molar-refractivity contribution is -0.114. The van der Waals surface area contributed by atoms with E-state index in [0.29, 0.717) is 33.6 Å². The predicted molar refractivity (Wildman–Crippen MR) is 151 cm³/mol. The number of carbonyl (C=O) groups excluding carboxylic acids is 2. The Morgan fingerprint density at radius 1 is 1.05 bits per heavy atom. The highest BCUT2D eigenvalue weighted by molar-refractivity contribution is 7.80. The maximum Gasteiger partial charge on any atom is 0.337 e. The zero-order valence-electron chi connectivity index (χ0n) is 21.5. The molecule has 198 valence electrons. The van der Waals surface area contributed by atoms with E-state index in [9.17, 15) is 9.59 Å². The molecule has 10 heteroatoms. The third kappa shape index (κ3) is 5.19. The summed E-state index contributed by atoms with van der Waals surface area (Å²) in [6, 6.07) is 21.3. The van der Waals surface area contributed by atoms with Gasteiger partial charge < -0.3 is 29.4 Å². The maximum atomic E-state index is 11.8. The van der Waals surface area contributed by atoms with Crippen LogP contribution in [0.5, 0.6) is 5.75 Å². The molecule has 4 aromatic rings. The zero-order valence-corrected chi connectivity index (χ0v) is 22.3. The van der Waals surface area contributed by atoms with Gasteiger partial charge in [0.15, 0.2) is 5.11 Å². The molecule has 2 aromatic heterocycles. The van der Waals surface area contributed by atoms with Gasteiger partial charge in [0.1, 0.15) is 23.3 Å². The number of esters is 1. The lowest BCUT2D eigenvalue weighted by Crippen LogP contribution is -2.29. The normalized spacial score (nSPS) is 16.5. The molecule has 0 radical (unpaired) electrons. The molecule has 0 spiro atoms. The van der Waals surface area contributed by atoms with Crippen LogP contribution in [0.2, 0.25) is 0 Å². The van der Waals surface area contributed by atoms with Crippen LogP contribution in [0.3, 0.4) is 0 Å². The molecule has 1 amide bonds. The molecular formula is C29H26N4O5S. The number of nitrogens with zero attached hydrogens (tertiary/aromatic N) is 2. The van der Waals surface area contributed by atoms with E-state index in [4.69, 9.17) is 26.1 Å². The van der Waals surface area contributed by atoms with E-state index in [1.165, 1.54) is 14.0 Å². The second kappa shape index (κ2) is 11.0. The number of hydrogen-bond donors (Lipinski definition) is 2. The largest absolute Gasteiger partial charge is 0.495 e. The molecule has 1 aliphatic heterocycles. The summed E-state index contributed by atoms with van der Waals surface area (Å²) in [5.74, 6) is 1.19. The number of pyridine rings is 1. The fourth-order valence-electron chi connectivity index (χ4n) is 4.61. The molecule has 1 saturated heterocycles. The van der Waals surface area contributed by atoms with Crippen molar-refractivity contribution in [3.8, 4) is 17.1 Å². The molecular weight excluding hydrogens is 516 g/mol. The van der Waals surface area contributed by atoms with Crippen molar-refractivity contribution in [1.82, 2.24) is 10.3 Å². The minimum atomic E-state index is -0.404. The van der Waals surface area contributed by atoms with Gasteiger partial charge in [-0.1, -0.05) is 18.2 Å². The van der Waals surface area contributed by atoms with E-state index in [0.717, 1.165) is 16.9 Å². The first-order valence-corrected chi connectivity index (χ1v) is 12.5. The number of methoxy groups -OCH3 is 2. The Morgan fingerprint density at radius 2 is 1.85 bits per heavy atom. The monoisotopic (exact) mass is 542 g/mol. The van der Waals surface area contributed by atoms with Crippen molar-refractivity contribution in [1.29, 1.82) is 0 Å². The van der Waals surface area contributed by atoms with Gasteiger partial charge in [-0.05, 0) is 66.8 Å². The molecule has 1 fully saturated rings. The number of thiocarbonyl (C=S) groups is 1. The number of carbonyl (C=O) groups is 2. The van der Waals surface area contributed by atoms with Crippen LogP contribution in [-0.4, -0.2) is 36.2 Å². The number of amides is 1. The molecule has 2 N–H and O–H groups in total. The number of aromatic nitrogens is 1. The fourth-order valence-corrected chi connectivity index (χ4v) is 4.96. The highest BCUT2D eigenvalue weighted by Crippen LogP contribution is 2.44. The Bertz CT molecular complexity index is 1520. The summed E-state index contributed by atoms with van der Waals surface area (Å²) >= 11 is 5.80. The van der Waals surface area contributed by atoms with Gasteiger partial charge in [0.25, 0.3) is 0 Å². The van der Waals surface area contributed by atoms with Crippen molar-refractivity contribution in [2.75, 3.05) is 24.4 Å². The van der Waals surface area contributed by atoms with Crippen LogP contribution in [-0.2, 0) is 9.53 Å². The van der Waals surface area contributed by atoms with Gasteiger partial charge in [0, 0.05) is 24.4 Å². The Kier molecular flexibility index (Phi) is 7.29. The van der Waals surface area contributed by atoms with Gasteiger partial charge in [0.2, 0.25) is 5.91 Å². The van der Waals surface area contributed by atoms with E-state index in [-0.39, 0.29) is 11.9 Å². The Balaban J connectivity index is 1.56. The minimum absolute atomic E-state index is 0.218. The minimum Gasteiger partial charge on any atom is -0.495 e. The lowest BCUT2D eigenvalue weighted by atomic mass is 10.0. The smallest absolute Gasteiger partial charge is 0.337 e. The van der Waals surface area contributed by atoms with Gasteiger partial charge in [-0.15, -0.1) is 0 Å². The number of rotatable bonds is 7. The van der Waals surface area contributed by atoms with Crippen LogP contribution in [0.15, 0.2) is 83.4 Å². The molecule has 0 bridgehead atoms. The summed E-state index contributed by atoms with van der Waals surface area (Å²) in [5.41, 5.74) is 3.32. The molecule has 0 aliphatic carbocycles. The van der Waals surface area contributed by atoms with Crippen LogP contribution in [0.4, 0.5) is 11.4 Å². The number of furan rings is 1. The molecule has 39 heavy (non-hydrogen) atoms. The molecule has 2 aromatic carbocycles. The topological polar surface area (TPSA) is 106 Å². The van der Waals surface area contributed by atoms with Crippen molar-refractivity contribution < 1.29 is 23.5 Å². The van der Waals surface area contributed by atoms with E-state index in [1.54, 1.807) is 31.5 Å². The van der Waals surface area contributed by atoms with E-state index in [2.05, 4.69) is 15.6 Å². The van der Waals surface area contributed by atoms with Crippen molar-refractivity contribution in [3.05, 3.63) is 96.0 Å². The van der Waals surface area contributed by atoms with E-state index < -0.39 is 12.0 Å². The van der Waals surface area contributed by atoms with Crippen molar-refractivity contribution in [2.24, 2.45) is 0 Å². The number of benzene rings is 2. The maximum absolute atomic E-state index is 11.8. The highest BCUT2D eigenvalue weighted by Gasteiger charge is 2.42. The van der Waals surface area contributed by atoms with Gasteiger partial charge in [-0.3, -0.25) is 9.78 Å². The average molecular weight is 543 g/mol. The molecule has 1 aliphatic rings. The van der Waals surface area contributed by atoms with Crippen LogP contribution in [0.25, 0.3) is 11.3 Å². The molecule has 2 atom stereocenters. The summed E-state index contributed by atoms with van der Waals surface area (Å²) in [6.45, 7) is 1.44. The van der Waals surface area contributed by atoms with E-state index >= 15 is 0 Å². The van der Waals surface area contributed by atoms with Gasteiger partial charge in [-0.2, -0.15) is 0 Å². The summed E-state index contributed by atoms with van der Waals surface area (Å²) in [6.07, 6.45) is 1.73. The third-order valence-corrected chi connectivity index (χ3v) is 6.69. The van der Waals surface area contributed by atoms with Crippen LogP contribution in [0, 0.1) is 0 Å². The second-order valence-corrected chi connectivity index (χ2v) is 9.22. The number of nitrogens with one attached hydrogen (secondary N) is 2. The lowest BCUT2D eigenvalue weighted by Gasteiger charge is -2.27. The summed E-state index contributed by atoms with van der Waals surface area (Å²) in [5, 5.41) is 6.70. The zero-order chi connectivity index (χ0) is 27.5. The van der Waals surface area contributed by atoms with Crippen molar-refractivity contribution in [3.63, 3.8) is 0 Å². The summed E-state index contributed by atoms with van der Waals surface area (Å²) < 4.78 is 16.6.